The van der Waals surface area contributed by atoms with Crippen molar-refractivity contribution in [3.05, 3.63) is 53.6 Å². The Morgan fingerprint density at radius 1 is 1.13 bits per heavy atom. The third-order valence-electron chi connectivity index (χ3n) is 5.03. The number of para-hydroxylation sites is 1. The summed E-state index contributed by atoms with van der Waals surface area (Å²) in [4.78, 5) is 14.9. The molecule has 1 unspecified atom stereocenters. The number of hydrogen-bond acceptors (Lipinski definition) is 5. The lowest BCUT2D eigenvalue weighted by Gasteiger charge is -2.33. The molecule has 2 aromatic carbocycles. The number of anilines is 1. The topological polar surface area (TPSA) is 79.0 Å². The van der Waals surface area contributed by atoms with Crippen LogP contribution in [0.3, 0.4) is 0 Å². The number of hydrogen-bond donors (Lipinski definition) is 1. The Bertz CT molecular complexity index is 991. The molecule has 0 bridgehead atoms. The van der Waals surface area contributed by atoms with Gasteiger partial charge in [0.15, 0.2) is 6.10 Å². The van der Waals surface area contributed by atoms with Crippen molar-refractivity contribution >= 4 is 33.2 Å². The van der Waals surface area contributed by atoms with Crippen LogP contribution in [-0.2, 0) is 14.8 Å². The zero-order valence-electron chi connectivity index (χ0n) is 17.0. The number of piperazine rings is 1. The number of carbonyl (C=O) groups is 1. The number of amides is 1. The van der Waals surface area contributed by atoms with E-state index >= 15 is 0 Å². The summed E-state index contributed by atoms with van der Waals surface area (Å²) in [6.07, 6.45) is -0.813. The van der Waals surface area contributed by atoms with Gasteiger partial charge in [-0.25, -0.2) is 8.42 Å². The molecule has 1 fully saturated rings. The van der Waals surface area contributed by atoms with E-state index in [2.05, 4.69) is 17.1 Å². The first-order chi connectivity index (χ1) is 14.3. The zero-order valence-corrected chi connectivity index (χ0v) is 18.6. The van der Waals surface area contributed by atoms with E-state index in [4.69, 9.17) is 16.3 Å². The molecule has 7 nitrogen and oxygen atoms in total. The van der Waals surface area contributed by atoms with Gasteiger partial charge in [-0.3, -0.25) is 4.79 Å². The van der Waals surface area contributed by atoms with E-state index in [9.17, 15) is 13.2 Å². The van der Waals surface area contributed by atoms with Crippen molar-refractivity contribution < 1.29 is 17.9 Å². The molecule has 162 valence electrons. The highest BCUT2D eigenvalue weighted by atomic mass is 35.5. The molecule has 1 saturated heterocycles. The van der Waals surface area contributed by atoms with Crippen LogP contribution in [0.15, 0.2) is 53.4 Å². The Morgan fingerprint density at radius 3 is 2.50 bits per heavy atom. The first-order valence-electron chi connectivity index (χ1n) is 9.86. The van der Waals surface area contributed by atoms with Crippen LogP contribution in [0, 0.1) is 0 Å². The molecule has 1 aliphatic rings. The second-order valence-corrected chi connectivity index (χ2v) is 9.39. The molecule has 1 aliphatic heterocycles. The van der Waals surface area contributed by atoms with E-state index in [0.29, 0.717) is 42.6 Å². The molecule has 1 heterocycles. The highest BCUT2D eigenvalue weighted by Crippen LogP contribution is 2.25. The number of nitrogens with one attached hydrogen (secondary N) is 1. The molecular weight excluding hydrogens is 426 g/mol. The van der Waals surface area contributed by atoms with E-state index in [1.807, 2.05) is 0 Å². The Morgan fingerprint density at radius 2 is 1.83 bits per heavy atom. The van der Waals surface area contributed by atoms with E-state index in [1.165, 1.54) is 10.4 Å². The average molecular weight is 452 g/mol. The molecule has 3 rings (SSSR count). The Hall–Kier alpha value is -2.13. The number of benzene rings is 2. The monoisotopic (exact) mass is 451 g/mol. The van der Waals surface area contributed by atoms with Gasteiger partial charge in [0.05, 0.1) is 9.92 Å². The molecule has 0 aliphatic carbocycles. The molecule has 9 heteroatoms. The summed E-state index contributed by atoms with van der Waals surface area (Å²) in [6, 6.07) is 13.2. The van der Waals surface area contributed by atoms with Crippen LogP contribution in [0.1, 0.15) is 13.8 Å². The second kappa shape index (κ2) is 9.78. The molecule has 1 N–H and O–H groups in total. The van der Waals surface area contributed by atoms with E-state index in [-0.39, 0.29) is 4.90 Å². The van der Waals surface area contributed by atoms with Crippen LogP contribution >= 0.6 is 11.6 Å². The standard InChI is InChI=1S/C21H26ClN3O4S/c1-3-24-11-13-25(14-12-24)30(27,28)18-8-6-7-17(15-18)23-21(26)16(2)29-20-10-5-4-9-19(20)22/h4-10,15-16H,3,11-14H2,1-2H3,(H,23,26). The van der Waals surface area contributed by atoms with Gasteiger partial charge < -0.3 is 15.0 Å². The van der Waals surface area contributed by atoms with Gasteiger partial charge in [-0.15, -0.1) is 0 Å². The van der Waals surface area contributed by atoms with Crippen LogP contribution in [0.2, 0.25) is 5.02 Å². The van der Waals surface area contributed by atoms with Gasteiger partial charge in [0.1, 0.15) is 5.75 Å². The molecule has 2 aromatic rings. The van der Waals surface area contributed by atoms with Gasteiger partial charge in [0, 0.05) is 31.9 Å². The van der Waals surface area contributed by atoms with Crippen molar-refractivity contribution in [3.8, 4) is 5.75 Å². The van der Waals surface area contributed by atoms with Gasteiger partial charge >= 0.3 is 0 Å². The minimum absolute atomic E-state index is 0.157. The van der Waals surface area contributed by atoms with Crippen molar-refractivity contribution in [2.45, 2.75) is 24.8 Å². The van der Waals surface area contributed by atoms with Gasteiger partial charge in [0.25, 0.3) is 5.91 Å². The number of nitrogens with zero attached hydrogens (tertiary/aromatic N) is 2. The molecule has 0 aromatic heterocycles. The SMILES string of the molecule is CCN1CCN(S(=O)(=O)c2cccc(NC(=O)C(C)Oc3ccccc3Cl)c2)CC1. The summed E-state index contributed by atoms with van der Waals surface area (Å²) in [5, 5.41) is 3.13. The molecule has 30 heavy (non-hydrogen) atoms. The quantitative estimate of drug-likeness (QED) is 0.699. The van der Waals surface area contributed by atoms with Crippen LogP contribution in [0.4, 0.5) is 5.69 Å². The van der Waals surface area contributed by atoms with Crippen LogP contribution in [-0.4, -0.2) is 62.4 Å². The Kier molecular flexibility index (Phi) is 7.36. The van der Waals surface area contributed by atoms with Gasteiger partial charge in [0.2, 0.25) is 10.0 Å². The molecule has 0 radical (unpaired) electrons. The van der Waals surface area contributed by atoms with E-state index in [1.54, 1.807) is 49.4 Å². The minimum Gasteiger partial charge on any atom is -0.479 e. The molecule has 1 amide bonds. The van der Waals surface area contributed by atoms with Crippen molar-refractivity contribution in [1.82, 2.24) is 9.21 Å². The average Bonchev–Trinajstić information content (AvgIpc) is 2.75. The smallest absolute Gasteiger partial charge is 0.265 e. The summed E-state index contributed by atoms with van der Waals surface area (Å²) in [7, 11) is -3.62. The number of rotatable bonds is 7. The first-order valence-corrected chi connectivity index (χ1v) is 11.7. The molecule has 1 atom stereocenters. The predicted molar refractivity (Wildman–Crippen MR) is 117 cm³/mol. The third kappa shape index (κ3) is 5.31. The van der Waals surface area contributed by atoms with Gasteiger partial charge in [-0.1, -0.05) is 36.7 Å². The van der Waals surface area contributed by atoms with Crippen LogP contribution in [0.25, 0.3) is 0 Å². The number of sulfonamides is 1. The van der Waals surface area contributed by atoms with E-state index < -0.39 is 22.0 Å². The largest absolute Gasteiger partial charge is 0.479 e. The highest BCUT2D eigenvalue weighted by Gasteiger charge is 2.28. The van der Waals surface area contributed by atoms with Crippen LogP contribution in [0.5, 0.6) is 5.75 Å². The third-order valence-corrected chi connectivity index (χ3v) is 7.23. The maximum absolute atomic E-state index is 13.0. The van der Waals surface area contributed by atoms with Gasteiger partial charge in [-0.05, 0) is 43.8 Å². The summed E-state index contributed by atoms with van der Waals surface area (Å²) in [5.41, 5.74) is 0.392. The van der Waals surface area contributed by atoms with Crippen molar-refractivity contribution in [2.75, 3.05) is 38.0 Å². The molecule has 0 saturated carbocycles. The lowest BCUT2D eigenvalue weighted by atomic mass is 10.3. The van der Waals surface area contributed by atoms with E-state index in [0.717, 1.165) is 6.54 Å². The number of halogens is 1. The summed E-state index contributed by atoms with van der Waals surface area (Å²) < 4.78 is 33.1. The van der Waals surface area contributed by atoms with Crippen molar-refractivity contribution in [3.63, 3.8) is 0 Å². The number of carbonyl (C=O) groups excluding carboxylic acids is 1. The number of ether oxygens (including phenoxy) is 1. The maximum Gasteiger partial charge on any atom is 0.265 e. The summed E-state index contributed by atoms with van der Waals surface area (Å²) in [6.45, 7) is 6.90. The fourth-order valence-electron chi connectivity index (χ4n) is 3.20. The van der Waals surface area contributed by atoms with Gasteiger partial charge in [-0.2, -0.15) is 4.31 Å². The lowest BCUT2D eigenvalue weighted by Crippen LogP contribution is -2.48. The summed E-state index contributed by atoms with van der Waals surface area (Å²) >= 11 is 6.07. The fourth-order valence-corrected chi connectivity index (χ4v) is 4.85. The Balaban J connectivity index is 1.67. The highest BCUT2D eigenvalue weighted by molar-refractivity contribution is 7.89. The minimum atomic E-state index is -3.62. The molecule has 0 spiro atoms. The lowest BCUT2D eigenvalue weighted by molar-refractivity contribution is -0.122. The maximum atomic E-state index is 13.0. The summed E-state index contributed by atoms with van der Waals surface area (Å²) in [5.74, 6) is 0.00499. The first kappa shape index (κ1) is 22.6. The Labute approximate surface area is 182 Å². The zero-order chi connectivity index (χ0) is 21.7. The normalized spacial score (nSPS) is 16.8. The number of likely N-dealkylation sites (N-methyl/N-ethyl adjacent to an activating group) is 1. The molecular formula is C21H26ClN3O4S. The predicted octanol–water partition coefficient (Wildman–Crippen LogP) is 3.07. The fraction of sp³-hybridized carbons (Fsp3) is 0.381. The second-order valence-electron chi connectivity index (χ2n) is 7.05. The van der Waals surface area contributed by atoms with Crippen molar-refractivity contribution in [2.24, 2.45) is 0 Å². The van der Waals surface area contributed by atoms with Crippen LogP contribution < -0.4 is 10.1 Å². The van der Waals surface area contributed by atoms with Crippen molar-refractivity contribution in [1.29, 1.82) is 0 Å².